The molecule has 1 aliphatic heterocycles. The molecule has 2 aromatic heterocycles. The smallest absolute Gasteiger partial charge is 0.335 e. The molecule has 1 aromatic carbocycles. The molecule has 0 unspecified atom stereocenters. The fourth-order valence-electron chi connectivity index (χ4n) is 3.68. The summed E-state index contributed by atoms with van der Waals surface area (Å²) in [6.45, 7) is 3.41. The summed E-state index contributed by atoms with van der Waals surface area (Å²) in [6, 6.07) is 10.4. The van der Waals surface area contributed by atoms with E-state index in [0.29, 0.717) is 47.5 Å². The molecule has 4 rings (SSSR count). The molecular formula is C23H22F3N5O2S. The third-order valence-electron chi connectivity index (χ3n) is 5.41. The van der Waals surface area contributed by atoms with Crippen LogP contribution in [0.3, 0.4) is 0 Å². The number of aromatic nitrogens is 2. The van der Waals surface area contributed by atoms with Gasteiger partial charge in [0.15, 0.2) is 0 Å². The Morgan fingerprint density at radius 2 is 1.76 bits per heavy atom. The van der Waals surface area contributed by atoms with Crippen LogP contribution in [0.15, 0.2) is 48.7 Å². The van der Waals surface area contributed by atoms with Crippen LogP contribution in [0.4, 0.5) is 18.9 Å². The highest BCUT2D eigenvalue weighted by Gasteiger charge is 2.34. The van der Waals surface area contributed by atoms with Crippen molar-refractivity contribution in [3.8, 4) is 10.7 Å². The summed E-state index contributed by atoms with van der Waals surface area (Å²) in [7, 11) is 0. The van der Waals surface area contributed by atoms with Crippen molar-refractivity contribution in [2.75, 3.05) is 38.0 Å². The highest BCUT2D eigenvalue weighted by molar-refractivity contribution is 7.17. The van der Waals surface area contributed by atoms with Crippen molar-refractivity contribution < 1.29 is 22.8 Å². The Labute approximate surface area is 198 Å². The van der Waals surface area contributed by atoms with E-state index in [2.05, 4.69) is 15.3 Å². The van der Waals surface area contributed by atoms with Gasteiger partial charge in [-0.1, -0.05) is 18.2 Å². The van der Waals surface area contributed by atoms with Gasteiger partial charge >= 0.3 is 6.18 Å². The summed E-state index contributed by atoms with van der Waals surface area (Å²) < 4.78 is 39.4. The van der Waals surface area contributed by atoms with Crippen LogP contribution in [-0.4, -0.2) is 64.3 Å². The zero-order valence-corrected chi connectivity index (χ0v) is 19.1. The molecule has 2 amide bonds. The fraction of sp³-hybridized carbons (Fsp3) is 0.304. The van der Waals surface area contributed by atoms with Crippen LogP contribution in [0.5, 0.6) is 0 Å². The normalized spacial score (nSPS) is 14.8. The van der Waals surface area contributed by atoms with Crippen LogP contribution in [-0.2, 0) is 11.0 Å². The number of piperazine rings is 1. The van der Waals surface area contributed by atoms with E-state index in [1.54, 1.807) is 18.0 Å². The second-order valence-corrected chi connectivity index (χ2v) is 8.81. The van der Waals surface area contributed by atoms with Crippen molar-refractivity contribution in [2.24, 2.45) is 0 Å². The molecule has 3 heterocycles. The van der Waals surface area contributed by atoms with Gasteiger partial charge in [0.1, 0.15) is 9.88 Å². The molecule has 0 aliphatic carbocycles. The topological polar surface area (TPSA) is 78.4 Å². The second kappa shape index (κ2) is 9.90. The van der Waals surface area contributed by atoms with Crippen LogP contribution in [0, 0.1) is 6.92 Å². The standard InChI is InChI=1S/C23H22F3N5O2S/c1-15-20(34-21(28-15)18-8-4-5-9-27-18)22(33)31-12-10-30(11-13-31)14-19(32)29-17-7-3-2-6-16(17)23(24,25)26/h2-9H,10-14H2,1H3,(H,29,32). The molecule has 1 fully saturated rings. The average Bonchev–Trinajstić information content (AvgIpc) is 3.21. The highest BCUT2D eigenvalue weighted by atomic mass is 32.1. The first-order valence-electron chi connectivity index (χ1n) is 10.6. The Kier molecular flexibility index (Phi) is 6.94. The maximum atomic E-state index is 13.1. The number of nitrogens with one attached hydrogen (secondary N) is 1. The van der Waals surface area contributed by atoms with Crippen LogP contribution < -0.4 is 5.32 Å². The minimum Gasteiger partial charge on any atom is -0.335 e. The van der Waals surface area contributed by atoms with Gasteiger partial charge in [-0.3, -0.25) is 19.5 Å². The number of hydrogen-bond donors (Lipinski definition) is 1. The predicted octanol–water partition coefficient (Wildman–Crippen LogP) is 3.93. The number of amides is 2. The number of nitrogens with zero attached hydrogens (tertiary/aromatic N) is 4. The lowest BCUT2D eigenvalue weighted by molar-refractivity contribution is -0.137. The third-order valence-corrected chi connectivity index (χ3v) is 6.58. The molecule has 0 atom stereocenters. The summed E-state index contributed by atoms with van der Waals surface area (Å²) in [4.78, 5) is 38.2. The van der Waals surface area contributed by atoms with E-state index in [-0.39, 0.29) is 18.1 Å². The van der Waals surface area contributed by atoms with E-state index in [1.807, 2.05) is 23.1 Å². The highest BCUT2D eigenvalue weighted by Crippen LogP contribution is 2.34. The molecule has 0 saturated carbocycles. The molecule has 1 aliphatic rings. The number of carbonyl (C=O) groups excluding carboxylic acids is 2. The molecule has 0 spiro atoms. The number of aryl methyl sites for hydroxylation is 1. The summed E-state index contributed by atoms with van der Waals surface area (Å²) in [5.74, 6) is -0.657. The number of anilines is 1. The van der Waals surface area contributed by atoms with Crippen LogP contribution in [0.1, 0.15) is 20.9 Å². The lowest BCUT2D eigenvalue weighted by Crippen LogP contribution is -2.50. The van der Waals surface area contributed by atoms with Crippen LogP contribution >= 0.6 is 11.3 Å². The number of benzene rings is 1. The van der Waals surface area contributed by atoms with E-state index >= 15 is 0 Å². The fourth-order valence-corrected chi connectivity index (χ4v) is 4.69. The zero-order chi connectivity index (χ0) is 24.3. The number of thiazole rings is 1. The van der Waals surface area contributed by atoms with Gasteiger partial charge in [0, 0.05) is 32.4 Å². The van der Waals surface area contributed by atoms with Gasteiger partial charge in [-0.2, -0.15) is 13.2 Å². The lowest BCUT2D eigenvalue weighted by atomic mass is 10.1. The zero-order valence-electron chi connectivity index (χ0n) is 18.3. The van der Waals surface area contributed by atoms with Crippen molar-refractivity contribution in [3.63, 3.8) is 0 Å². The van der Waals surface area contributed by atoms with Crippen molar-refractivity contribution in [1.29, 1.82) is 0 Å². The SMILES string of the molecule is Cc1nc(-c2ccccn2)sc1C(=O)N1CCN(CC(=O)Nc2ccccc2C(F)(F)F)CC1. The van der Waals surface area contributed by atoms with Gasteiger partial charge in [0.05, 0.1) is 29.2 Å². The van der Waals surface area contributed by atoms with Crippen molar-refractivity contribution >= 4 is 28.8 Å². The first kappa shape index (κ1) is 23.8. The third kappa shape index (κ3) is 5.42. The summed E-state index contributed by atoms with van der Waals surface area (Å²) in [5.41, 5.74) is 0.195. The number of alkyl halides is 3. The lowest BCUT2D eigenvalue weighted by Gasteiger charge is -2.34. The number of rotatable bonds is 5. The predicted molar refractivity (Wildman–Crippen MR) is 122 cm³/mol. The van der Waals surface area contributed by atoms with Crippen LogP contribution in [0.25, 0.3) is 10.7 Å². The van der Waals surface area contributed by atoms with Gasteiger partial charge in [-0.05, 0) is 31.2 Å². The minimum absolute atomic E-state index is 0.0579. The van der Waals surface area contributed by atoms with E-state index in [1.165, 1.54) is 29.5 Å². The van der Waals surface area contributed by atoms with Gasteiger partial charge in [-0.25, -0.2) is 4.98 Å². The molecule has 3 aromatic rings. The maximum absolute atomic E-state index is 13.1. The quantitative estimate of drug-likeness (QED) is 0.588. The Bertz CT molecular complexity index is 1170. The molecule has 1 N–H and O–H groups in total. The van der Waals surface area contributed by atoms with Gasteiger partial charge in [0.2, 0.25) is 5.91 Å². The molecule has 178 valence electrons. The molecule has 11 heteroatoms. The number of para-hydroxylation sites is 1. The number of pyridine rings is 1. The largest absolute Gasteiger partial charge is 0.418 e. The maximum Gasteiger partial charge on any atom is 0.418 e. The van der Waals surface area contributed by atoms with Crippen molar-refractivity contribution in [3.05, 3.63) is 64.8 Å². The van der Waals surface area contributed by atoms with E-state index in [9.17, 15) is 22.8 Å². The molecule has 7 nitrogen and oxygen atoms in total. The monoisotopic (exact) mass is 489 g/mol. The Hall–Kier alpha value is -3.31. The Morgan fingerprint density at radius 1 is 1.06 bits per heavy atom. The molecule has 0 bridgehead atoms. The van der Waals surface area contributed by atoms with Gasteiger partial charge < -0.3 is 10.2 Å². The minimum atomic E-state index is -4.55. The van der Waals surface area contributed by atoms with Gasteiger partial charge in [0.25, 0.3) is 5.91 Å². The van der Waals surface area contributed by atoms with E-state index in [0.717, 1.165) is 6.07 Å². The number of carbonyl (C=O) groups is 2. The Balaban J connectivity index is 1.33. The molecule has 1 saturated heterocycles. The van der Waals surface area contributed by atoms with Gasteiger partial charge in [-0.15, -0.1) is 11.3 Å². The summed E-state index contributed by atoms with van der Waals surface area (Å²) in [6.07, 6.45) is -2.88. The van der Waals surface area contributed by atoms with Crippen molar-refractivity contribution in [1.82, 2.24) is 19.8 Å². The molecular weight excluding hydrogens is 467 g/mol. The first-order valence-corrected chi connectivity index (χ1v) is 11.4. The first-order chi connectivity index (χ1) is 16.2. The molecule has 34 heavy (non-hydrogen) atoms. The Morgan fingerprint density at radius 3 is 2.44 bits per heavy atom. The van der Waals surface area contributed by atoms with E-state index < -0.39 is 17.6 Å². The number of halogens is 3. The summed E-state index contributed by atoms with van der Waals surface area (Å²) in [5, 5.41) is 3.03. The molecule has 0 radical (unpaired) electrons. The van der Waals surface area contributed by atoms with Crippen molar-refractivity contribution in [2.45, 2.75) is 13.1 Å². The summed E-state index contributed by atoms with van der Waals surface area (Å²) >= 11 is 1.30. The van der Waals surface area contributed by atoms with Crippen LogP contribution in [0.2, 0.25) is 0 Å². The average molecular weight is 490 g/mol. The van der Waals surface area contributed by atoms with E-state index in [4.69, 9.17) is 0 Å². The number of hydrogen-bond acceptors (Lipinski definition) is 6. The second-order valence-electron chi connectivity index (χ2n) is 7.81.